The van der Waals surface area contributed by atoms with Crippen molar-refractivity contribution in [1.82, 2.24) is 20.3 Å². The number of carbonyl (C=O) groups is 2. The number of carbonyl (C=O) groups excluding carboxylic acids is 2. The van der Waals surface area contributed by atoms with E-state index in [-0.39, 0.29) is 24.8 Å². The van der Waals surface area contributed by atoms with Crippen molar-refractivity contribution < 1.29 is 14.0 Å². The molecule has 2 amide bonds. The van der Waals surface area contributed by atoms with Gasteiger partial charge in [0.2, 0.25) is 17.7 Å². The molecule has 0 unspecified atom stereocenters. The smallest absolute Gasteiger partial charge is 0.226 e. The molecule has 0 aliphatic rings. The lowest BCUT2D eigenvalue weighted by Gasteiger charge is -2.06. The summed E-state index contributed by atoms with van der Waals surface area (Å²) in [6.07, 6.45) is 4.68. The van der Waals surface area contributed by atoms with Crippen LogP contribution in [0.1, 0.15) is 29.1 Å². The van der Waals surface area contributed by atoms with Crippen molar-refractivity contribution in [1.29, 1.82) is 0 Å². The van der Waals surface area contributed by atoms with Crippen molar-refractivity contribution >= 4 is 28.8 Å². The maximum Gasteiger partial charge on any atom is 0.226 e. The zero-order valence-corrected chi connectivity index (χ0v) is 18.9. The van der Waals surface area contributed by atoms with Gasteiger partial charge in [-0.1, -0.05) is 12.1 Å². The lowest BCUT2D eigenvalue weighted by atomic mass is 10.1. The minimum Gasteiger partial charge on any atom is -0.441 e. The summed E-state index contributed by atoms with van der Waals surface area (Å²) in [7, 11) is 0. The molecule has 1 aromatic carbocycles. The number of pyridine rings is 1. The first-order valence-electron chi connectivity index (χ1n) is 10.5. The second kappa shape index (κ2) is 10.6. The molecule has 0 saturated carbocycles. The molecule has 0 aliphatic carbocycles. The van der Waals surface area contributed by atoms with E-state index in [2.05, 4.69) is 25.6 Å². The minimum absolute atomic E-state index is 0.0805. The molecular weight excluding hydrogens is 438 g/mol. The Morgan fingerprint density at radius 2 is 2.06 bits per heavy atom. The van der Waals surface area contributed by atoms with Crippen LogP contribution in [0.5, 0.6) is 0 Å². The van der Waals surface area contributed by atoms with Gasteiger partial charge in [0.05, 0.1) is 24.2 Å². The molecule has 168 valence electrons. The second-order valence-corrected chi connectivity index (χ2v) is 8.16. The van der Waals surface area contributed by atoms with Crippen LogP contribution in [0.2, 0.25) is 0 Å². The van der Waals surface area contributed by atoms with Gasteiger partial charge in [0.25, 0.3) is 0 Å². The molecule has 3 heterocycles. The number of hydrogen-bond donors (Lipinski definition) is 2. The van der Waals surface area contributed by atoms with E-state index in [1.807, 2.05) is 48.7 Å². The average Bonchev–Trinajstić information content (AvgIpc) is 3.47. The molecule has 0 fully saturated rings. The number of nitrogens with zero attached hydrogens (tertiary/aromatic N) is 3. The number of nitrogens with one attached hydrogen (secondary N) is 2. The Morgan fingerprint density at radius 3 is 2.85 bits per heavy atom. The summed E-state index contributed by atoms with van der Waals surface area (Å²) >= 11 is 1.46. The summed E-state index contributed by atoms with van der Waals surface area (Å²) in [6.45, 7) is 2.07. The van der Waals surface area contributed by atoms with Crippen LogP contribution >= 0.6 is 11.3 Å². The fourth-order valence-corrected chi connectivity index (χ4v) is 3.77. The molecule has 0 saturated heterocycles. The number of thiazole rings is 1. The van der Waals surface area contributed by atoms with Crippen LogP contribution in [0, 0.1) is 6.92 Å². The van der Waals surface area contributed by atoms with E-state index in [0.717, 1.165) is 16.8 Å². The molecule has 4 rings (SSSR count). The lowest BCUT2D eigenvalue weighted by molar-refractivity contribution is -0.120. The van der Waals surface area contributed by atoms with Gasteiger partial charge in [-0.05, 0) is 43.2 Å². The normalized spacial score (nSPS) is 10.7. The number of rotatable bonds is 9. The summed E-state index contributed by atoms with van der Waals surface area (Å²) in [5, 5.41) is 7.61. The predicted octanol–water partition coefficient (Wildman–Crippen LogP) is 3.93. The third-order valence-electron chi connectivity index (χ3n) is 4.93. The van der Waals surface area contributed by atoms with Gasteiger partial charge < -0.3 is 15.1 Å². The standard InChI is InChI=1S/C24H23N5O3S/c1-16-21(13-26-23(31)11-20-14-33-15-27-20)29-24(32-16)18-5-2-6-19(10-18)28-22(30)8-7-17-4-3-9-25-12-17/h2-6,9-10,12,14-15H,7-8,11,13H2,1H3,(H,26,31)(H,28,30). The van der Waals surface area contributed by atoms with Crippen molar-refractivity contribution in [3.63, 3.8) is 0 Å². The van der Waals surface area contributed by atoms with Crippen molar-refractivity contribution in [2.24, 2.45) is 0 Å². The average molecular weight is 462 g/mol. The Balaban J connectivity index is 1.34. The molecule has 0 atom stereocenters. The quantitative estimate of drug-likeness (QED) is 0.391. The predicted molar refractivity (Wildman–Crippen MR) is 126 cm³/mol. The second-order valence-electron chi connectivity index (χ2n) is 7.45. The summed E-state index contributed by atoms with van der Waals surface area (Å²) in [6, 6.07) is 11.1. The van der Waals surface area contributed by atoms with Crippen LogP contribution in [-0.2, 0) is 29.0 Å². The fraction of sp³-hybridized carbons (Fsp3) is 0.208. The van der Waals surface area contributed by atoms with Crippen LogP contribution in [0.3, 0.4) is 0 Å². The number of hydrogen-bond acceptors (Lipinski definition) is 7. The molecule has 9 heteroatoms. The third-order valence-corrected chi connectivity index (χ3v) is 5.56. The Morgan fingerprint density at radius 1 is 1.15 bits per heavy atom. The molecular formula is C24H23N5O3S. The zero-order valence-electron chi connectivity index (χ0n) is 18.1. The highest BCUT2D eigenvalue weighted by atomic mass is 32.1. The van der Waals surface area contributed by atoms with Crippen molar-refractivity contribution in [2.45, 2.75) is 32.7 Å². The number of anilines is 1. The molecule has 0 bridgehead atoms. The highest BCUT2D eigenvalue weighted by Gasteiger charge is 2.14. The molecule has 0 aliphatic heterocycles. The van der Waals surface area contributed by atoms with Gasteiger partial charge in [-0.2, -0.15) is 0 Å². The molecule has 8 nitrogen and oxygen atoms in total. The molecule has 3 aromatic heterocycles. The topological polar surface area (TPSA) is 110 Å². The van der Waals surface area contributed by atoms with Crippen LogP contribution in [0.15, 0.2) is 64.1 Å². The molecule has 2 N–H and O–H groups in total. The van der Waals surface area contributed by atoms with E-state index in [4.69, 9.17) is 4.42 Å². The largest absolute Gasteiger partial charge is 0.441 e. The minimum atomic E-state index is -0.124. The Kier molecular flexibility index (Phi) is 7.21. The molecule has 0 radical (unpaired) electrons. The molecule has 0 spiro atoms. The maximum atomic E-state index is 12.3. The number of aromatic nitrogens is 3. The number of oxazole rings is 1. The highest BCUT2D eigenvalue weighted by Crippen LogP contribution is 2.24. The Bertz CT molecular complexity index is 1220. The van der Waals surface area contributed by atoms with E-state index >= 15 is 0 Å². The maximum absolute atomic E-state index is 12.3. The third kappa shape index (κ3) is 6.33. The van der Waals surface area contributed by atoms with Gasteiger partial charge in [0.1, 0.15) is 11.5 Å². The van der Waals surface area contributed by atoms with Crippen LogP contribution in [0.4, 0.5) is 5.69 Å². The van der Waals surface area contributed by atoms with E-state index in [1.54, 1.807) is 17.9 Å². The van der Waals surface area contributed by atoms with E-state index in [1.165, 1.54) is 11.3 Å². The summed E-state index contributed by atoms with van der Waals surface area (Å²) in [5.74, 6) is 0.858. The summed E-state index contributed by atoms with van der Waals surface area (Å²) < 4.78 is 5.81. The first-order chi connectivity index (χ1) is 16.1. The SMILES string of the molecule is Cc1oc(-c2cccc(NC(=O)CCc3cccnc3)c2)nc1CNC(=O)Cc1cscn1. The lowest BCUT2D eigenvalue weighted by Crippen LogP contribution is -2.25. The van der Waals surface area contributed by atoms with Crippen LogP contribution < -0.4 is 10.6 Å². The number of amides is 2. The van der Waals surface area contributed by atoms with E-state index in [9.17, 15) is 9.59 Å². The monoisotopic (exact) mass is 461 g/mol. The van der Waals surface area contributed by atoms with E-state index < -0.39 is 0 Å². The van der Waals surface area contributed by atoms with Gasteiger partial charge in [-0.15, -0.1) is 11.3 Å². The summed E-state index contributed by atoms with van der Waals surface area (Å²) in [5.41, 5.74) is 5.52. The van der Waals surface area contributed by atoms with Crippen molar-refractivity contribution in [2.75, 3.05) is 5.32 Å². The summed E-state index contributed by atoms with van der Waals surface area (Å²) in [4.78, 5) is 37.2. The van der Waals surface area contributed by atoms with Crippen LogP contribution in [-0.4, -0.2) is 26.8 Å². The Hall–Kier alpha value is -3.85. The zero-order chi connectivity index (χ0) is 23.0. The van der Waals surface area contributed by atoms with Crippen molar-refractivity contribution in [3.8, 4) is 11.5 Å². The number of benzene rings is 1. The van der Waals surface area contributed by atoms with Gasteiger partial charge >= 0.3 is 0 Å². The van der Waals surface area contributed by atoms with Gasteiger partial charge in [-0.3, -0.25) is 14.6 Å². The van der Waals surface area contributed by atoms with Gasteiger partial charge in [0.15, 0.2) is 0 Å². The fourth-order valence-electron chi connectivity index (χ4n) is 3.21. The van der Waals surface area contributed by atoms with Crippen molar-refractivity contribution in [3.05, 3.63) is 82.4 Å². The van der Waals surface area contributed by atoms with Crippen LogP contribution in [0.25, 0.3) is 11.5 Å². The van der Waals surface area contributed by atoms with Gasteiger partial charge in [0, 0.05) is 35.4 Å². The highest BCUT2D eigenvalue weighted by molar-refractivity contribution is 7.07. The first kappa shape index (κ1) is 22.3. The molecule has 33 heavy (non-hydrogen) atoms. The molecule has 4 aromatic rings. The van der Waals surface area contributed by atoms with Gasteiger partial charge in [-0.25, -0.2) is 9.97 Å². The number of aryl methyl sites for hydroxylation is 2. The Labute approximate surface area is 195 Å². The van der Waals surface area contributed by atoms with E-state index in [0.29, 0.717) is 35.9 Å². The first-order valence-corrected chi connectivity index (χ1v) is 11.4.